The lowest BCUT2D eigenvalue weighted by Crippen LogP contribution is -2.62. The highest BCUT2D eigenvalue weighted by atomic mass is 15.3. The number of nitrogens with one attached hydrogen (secondary N) is 2. The first-order chi connectivity index (χ1) is 5.09. The molecule has 4 nitrogen and oxygen atoms in total. The van der Waals surface area contributed by atoms with Crippen LogP contribution in [-0.4, -0.2) is 36.0 Å². The number of likely N-dealkylation sites (tertiary alicyclic amines) is 1. The van der Waals surface area contributed by atoms with Crippen molar-refractivity contribution < 1.29 is 0 Å². The lowest BCUT2D eigenvalue weighted by Gasteiger charge is -2.42. The minimum Gasteiger partial charge on any atom is -0.370 e. The highest BCUT2D eigenvalue weighted by Crippen LogP contribution is 2.10. The van der Waals surface area contributed by atoms with Crippen LogP contribution >= 0.6 is 0 Å². The van der Waals surface area contributed by atoms with Crippen LogP contribution < -0.4 is 11.1 Å². The molecule has 1 aliphatic rings. The maximum absolute atomic E-state index is 6.98. The summed E-state index contributed by atoms with van der Waals surface area (Å²) >= 11 is 0. The molecule has 0 amide bonds. The zero-order valence-electron chi connectivity index (χ0n) is 7.09. The van der Waals surface area contributed by atoms with E-state index in [1.807, 2.05) is 0 Å². The van der Waals surface area contributed by atoms with Crippen molar-refractivity contribution in [2.24, 2.45) is 5.73 Å². The summed E-state index contributed by atoms with van der Waals surface area (Å²) in [5, 5.41) is 9.87. The van der Waals surface area contributed by atoms with Crippen LogP contribution in [0.3, 0.4) is 0 Å². The molecule has 1 aliphatic heterocycles. The second kappa shape index (κ2) is 3.09. The Hall–Kier alpha value is -0.770. The summed E-state index contributed by atoms with van der Waals surface area (Å²) in [6.07, 6.45) is 0. The zero-order chi connectivity index (χ0) is 8.43. The average Bonchev–Trinajstić information content (AvgIpc) is 1.75. The molecular weight excluding hydrogens is 140 g/mol. The van der Waals surface area contributed by atoms with E-state index in [-0.39, 0.29) is 5.96 Å². The monoisotopic (exact) mass is 156 g/mol. The summed E-state index contributed by atoms with van der Waals surface area (Å²) in [5.41, 5.74) is 5.18. The summed E-state index contributed by atoms with van der Waals surface area (Å²) in [6.45, 7) is 6.36. The minimum absolute atomic E-state index is 0.0819. The van der Waals surface area contributed by atoms with E-state index >= 15 is 0 Å². The van der Waals surface area contributed by atoms with E-state index in [2.05, 4.69) is 24.1 Å². The number of nitrogens with two attached hydrogens (primary N) is 1. The third kappa shape index (κ3) is 2.08. The fourth-order valence-corrected chi connectivity index (χ4v) is 1.25. The Morgan fingerprint density at radius 2 is 2.18 bits per heavy atom. The second-order valence-electron chi connectivity index (χ2n) is 3.30. The van der Waals surface area contributed by atoms with Crippen molar-refractivity contribution in [1.29, 1.82) is 5.41 Å². The van der Waals surface area contributed by atoms with Crippen LogP contribution in [0.15, 0.2) is 0 Å². The van der Waals surface area contributed by atoms with E-state index in [0.29, 0.717) is 12.1 Å². The number of hydrogen-bond donors (Lipinski definition) is 3. The number of rotatable bonds is 2. The first kappa shape index (κ1) is 8.33. The Bertz CT molecular complexity index is 149. The van der Waals surface area contributed by atoms with Crippen molar-refractivity contribution >= 4 is 5.96 Å². The van der Waals surface area contributed by atoms with Gasteiger partial charge in [0, 0.05) is 19.1 Å². The predicted octanol–water partition coefficient (Wildman–Crippen LogP) is -0.438. The topological polar surface area (TPSA) is 65.1 Å². The molecule has 0 atom stereocenters. The van der Waals surface area contributed by atoms with E-state index < -0.39 is 0 Å². The van der Waals surface area contributed by atoms with Crippen LogP contribution in [0.4, 0.5) is 0 Å². The molecule has 11 heavy (non-hydrogen) atoms. The van der Waals surface area contributed by atoms with Gasteiger partial charge in [0.1, 0.15) is 0 Å². The summed E-state index contributed by atoms with van der Waals surface area (Å²) in [6, 6.07) is 1.01. The van der Waals surface area contributed by atoms with Crippen LogP contribution in [0.25, 0.3) is 0 Å². The Kier molecular flexibility index (Phi) is 2.34. The molecule has 0 spiro atoms. The van der Waals surface area contributed by atoms with Crippen molar-refractivity contribution in [3.8, 4) is 0 Å². The first-order valence-corrected chi connectivity index (χ1v) is 3.94. The summed E-state index contributed by atoms with van der Waals surface area (Å²) in [5.74, 6) is 0.0819. The maximum atomic E-state index is 6.98. The lowest BCUT2D eigenvalue weighted by atomic mass is 10.1. The fourth-order valence-electron chi connectivity index (χ4n) is 1.25. The van der Waals surface area contributed by atoms with Crippen molar-refractivity contribution in [2.45, 2.75) is 25.9 Å². The van der Waals surface area contributed by atoms with E-state index in [1.165, 1.54) is 0 Å². The molecule has 1 saturated heterocycles. The SMILES string of the molecule is CC(C)N1CC(NC(=N)N)C1. The number of hydrogen-bond acceptors (Lipinski definition) is 2. The van der Waals surface area contributed by atoms with Gasteiger partial charge in [-0.3, -0.25) is 10.3 Å². The van der Waals surface area contributed by atoms with Crippen molar-refractivity contribution in [3.05, 3.63) is 0 Å². The third-order valence-electron chi connectivity index (χ3n) is 2.00. The predicted molar refractivity (Wildman–Crippen MR) is 45.5 cm³/mol. The zero-order valence-corrected chi connectivity index (χ0v) is 7.09. The smallest absolute Gasteiger partial charge is 0.186 e. The Morgan fingerprint density at radius 3 is 2.55 bits per heavy atom. The molecule has 0 unspecified atom stereocenters. The molecule has 1 heterocycles. The number of nitrogens with zero attached hydrogens (tertiary/aromatic N) is 1. The Morgan fingerprint density at radius 1 is 1.64 bits per heavy atom. The maximum Gasteiger partial charge on any atom is 0.186 e. The number of guanidine groups is 1. The Labute approximate surface area is 67.3 Å². The van der Waals surface area contributed by atoms with E-state index in [0.717, 1.165) is 13.1 Å². The van der Waals surface area contributed by atoms with Crippen LogP contribution in [0.1, 0.15) is 13.8 Å². The van der Waals surface area contributed by atoms with E-state index in [9.17, 15) is 0 Å². The van der Waals surface area contributed by atoms with Crippen molar-refractivity contribution in [3.63, 3.8) is 0 Å². The average molecular weight is 156 g/mol. The molecule has 1 fully saturated rings. The van der Waals surface area contributed by atoms with Gasteiger partial charge in [0.25, 0.3) is 0 Å². The highest BCUT2D eigenvalue weighted by Gasteiger charge is 2.28. The molecule has 1 rings (SSSR count). The summed E-state index contributed by atoms with van der Waals surface area (Å²) in [4.78, 5) is 2.33. The van der Waals surface area contributed by atoms with Crippen LogP contribution in [0, 0.1) is 5.41 Å². The summed E-state index contributed by atoms with van der Waals surface area (Å²) in [7, 11) is 0. The Balaban J connectivity index is 2.14. The van der Waals surface area contributed by atoms with Gasteiger partial charge in [-0.1, -0.05) is 0 Å². The van der Waals surface area contributed by atoms with Crippen LogP contribution in [-0.2, 0) is 0 Å². The van der Waals surface area contributed by atoms with Gasteiger partial charge < -0.3 is 11.1 Å². The molecule has 4 N–H and O–H groups in total. The quantitative estimate of drug-likeness (QED) is 0.375. The molecular formula is C7H16N4. The van der Waals surface area contributed by atoms with Crippen molar-refractivity contribution in [1.82, 2.24) is 10.2 Å². The molecule has 0 aromatic rings. The molecule has 0 bridgehead atoms. The standard InChI is InChI=1S/C7H16N4/c1-5(2)11-3-6(4-11)10-7(8)9/h5-6H,3-4H2,1-2H3,(H4,8,9,10). The fraction of sp³-hybridized carbons (Fsp3) is 0.857. The van der Waals surface area contributed by atoms with Gasteiger partial charge in [-0.25, -0.2) is 0 Å². The van der Waals surface area contributed by atoms with Gasteiger partial charge >= 0.3 is 0 Å². The normalized spacial score (nSPS) is 19.9. The van der Waals surface area contributed by atoms with Gasteiger partial charge in [0.15, 0.2) is 5.96 Å². The van der Waals surface area contributed by atoms with Crippen LogP contribution in [0.5, 0.6) is 0 Å². The van der Waals surface area contributed by atoms with E-state index in [4.69, 9.17) is 11.1 Å². The lowest BCUT2D eigenvalue weighted by molar-refractivity contribution is 0.102. The van der Waals surface area contributed by atoms with Crippen LogP contribution in [0.2, 0.25) is 0 Å². The molecule has 0 saturated carbocycles. The third-order valence-corrected chi connectivity index (χ3v) is 2.00. The first-order valence-electron chi connectivity index (χ1n) is 3.94. The largest absolute Gasteiger partial charge is 0.370 e. The van der Waals surface area contributed by atoms with Gasteiger partial charge in [-0.15, -0.1) is 0 Å². The van der Waals surface area contributed by atoms with Gasteiger partial charge in [-0.05, 0) is 13.8 Å². The molecule has 0 aromatic carbocycles. The molecule has 4 heteroatoms. The van der Waals surface area contributed by atoms with Gasteiger partial charge in [-0.2, -0.15) is 0 Å². The van der Waals surface area contributed by atoms with E-state index in [1.54, 1.807) is 0 Å². The molecule has 0 aromatic heterocycles. The minimum atomic E-state index is 0.0819. The van der Waals surface area contributed by atoms with Crippen molar-refractivity contribution in [2.75, 3.05) is 13.1 Å². The second-order valence-corrected chi connectivity index (χ2v) is 3.30. The molecule has 0 aliphatic carbocycles. The highest BCUT2D eigenvalue weighted by molar-refractivity contribution is 5.74. The van der Waals surface area contributed by atoms with Gasteiger partial charge in [0.2, 0.25) is 0 Å². The summed E-state index contributed by atoms with van der Waals surface area (Å²) < 4.78 is 0. The van der Waals surface area contributed by atoms with Gasteiger partial charge in [0.05, 0.1) is 6.04 Å². The molecule has 64 valence electrons. The molecule has 0 radical (unpaired) electrons.